The number of carbonyl (C=O) groups excluding carboxylic acids is 4. The number of carbonyl (C=O) groups is 4. The molecule has 0 aliphatic carbocycles. The van der Waals surface area contributed by atoms with E-state index < -0.39 is 17.1 Å². The first-order valence-corrected chi connectivity index (χ1v) is 16.5. The maximum Gasteiger partial charge on any atom is 0.272 e. The van der Waals surface area contributed by atoms with Crippen LogP contribution in [0.3, 0.4) is 0 Å². The van der Waals surface area contributed by atoms with Crippen LogP contribution < -0.4 is 20.7 Å². The summed E-state index contributed by atoms with van der Waals surface area (Å²) in [6.45, 7) is 3.92. The second-order valence-corrected chi connectivity index (χ2v) is 12.1. The largest absolute Gasteiger partial charge is 0.494 e. The van der Waals surface area contributed by atoms with E-state index in [1.807, 2.05) is 49.4 Å². The first-order chi connectivity index (χ1) is 23.8. The quantitative estimate of drug-likeness (QED) is 0.0662. The maximum atomic E-state index is 13.7. The van der Waals surface area contributed by atoms with Gasteiger partial charge in [0.1, 0.15) is 16.7 Å². The number of nitrogens with one attached hydrogen (secondary N) is 3. The van der Waals surface area contributed by atoms with Gasteiger partial charge in [0, 0.05) is 27.4 Å². The summed E-state index contributed by atoms with van der Waals surface area (Å²) < 4.78 is 5.53. The van der Waals surface area contributed by atoms with Crippen molar-refractivity contribution in [3.63, 3.8) is 0 Å². The summed E-state index contributed by atoms with van der Waals surface area (Å²) in [4.78, 5) is 52.8. The number of ether oxygens (including phenoxy) is 1. The molecule has 1 unspecified atom stereocenters. The minimum atomic E-state index is -0.625. The van der Waals surface area contributed by atoms with Crippen molar-refractivity contribution >= 4 is 52.7 Å². The molecule has 0 heterocycles. The molecular weight excluding hydrogens is 635 g/mol. The van der Waals surface area contributed by atoms with E-state index in [1.54, 1.807) is 97.1 Å². The zero-order chi connectivity index (χ0) is 34.6. The molecule has 0 spiro atoms. The van der Waals surface area contributed by atoms with Crippen LogP contribution in [0.1, 0.15) is 50.9 Å². The fourth-order valence-electron chi connectivity index (χ4n) is 4.81. The highest BCUT2D eigenvalue weighted by Gasteiger charge is 2.23. The third-order valence-corrected chi connectivity index (χ3v) is 8.52. The molecule has 246 valence electrons. The predicted octanol–water partition coefficient (Wildman–Crippen LogP) is 8.17. The van der Waals surface area contributed by atoms with Gasteiger partial charge in [-0.05, 0) is 97.8 Å². The van der Waals surface area contributed by atoms with E-state index in [2.05, 4.69) is 16.0 Å². The van der Waals surface area contributed by atoms with Gasteiger partial charge in [-0.1, -0.05) is 66.7 Å². The molecular formula is C40H35N3O5S. The minimum Gasteiger partial charge on any atom is -0.494 e. The average molecular weight is 670 g/mol. The van der Waals surface area contributed by atoms with Gasteiger partial charge >= 0.3 is 0 Å². The van der Waals surface area contributed by atoms with Crippen molar-refractivity contribution in [2.45, 2.75) is 24.0 Å². The van der Waals surface area contributed by atoms with E-state index in [1.165, 1.54) is 18.7 Å². The first kappa shape index (κ1) is 34.4. The third-order valence-electron chi connectivity index (χ3n) is 7.28. The molecule has 0 bridgehead atoms. The molecule has 9 heteroatoms. The summed E-state index contributed by atoms with van der Waals surface area (Å²) in [7, 11) is 0. The lowest BCUT2D eigenvalue weighted by molar-refractivity contribution is -0.116. The molecule has 3 N–H and O–H groups in total. The van der Waals surface area contributed by atoms with Crippen LogP contribution in [-0.4, -0.2) is 30.1 Å². The lowest BCUT2D eigenvalue weighted by atomic mass is 10.1. The number of thioether (sulfide) groups is 1. The molecule has 5 aromatic rings. The Morgan fingerprint density at radius 1 is 0.714 bits per heavy atom. The highest BCUT2D eigenvalue weighted by Crippen LogP contribution is 2.37. The molecule has 0 saturated heterocycles. The fourth-order valence-corrected chi connectivity index (χ4v) is 5.90. The minimum absolute atomic E-state index is 0.0494. The van der Waals surface area contributed by atoms with Crippen LogP contribution in [0.4, 0.5) is 11.4 Å². The van der Waals surface area contributed by atoms with Crippen molar-refractivity contribution in [2.24, 2.45) is 0 Å². The number of anilines is 2. The molecule has 1 atom stereocenters. The second-order valence-electron chi connectivity index (χ2n) is 10.9. The van der Waals surface area contributed by atoms with Crippen molar-refractivity contribution < 1.29 is 23.9 Å². The maximum absolute atomic E-state index is 13.7. The summed E-state index contributed by atoms with van der Waals surface area (Å²) in [6.07, 6.45) is 1.60. The molecule has 0 aromatic heterocycles. The van der Waals surface area contributed by atoms with E-state index >= 15 is 0 Å². The Balaban J connectivity index is 1.36. The van der Waals surface area contributed by atoms with Crippen molar-refractivity contribution in [1.82, 2.24) is 5.32 Å². The second kappa shape index (κ2) is 16.8. The van der Waals surface area contributed by atoms with Crippen molar-refractivity contribution in [2.75, 3.05) is 17.2 Å². The van der Waals surface area contributed by atoms with Gasteiger partial charge in [0.25, 0.3) is 11.8 Å². The molecule has 3 amide bonds. The summed E-state index contributed by atoms with van der Waals surface area (Å²) >= 11 is 1.33. The summed E-state index contributed by atoms with van der Waals surface area (Å²) in [5.74, 6) is -0.552. The average Bonchev–Trinajstić information content (AvgIpc) is 3.12. The van der Waals surface area contributed by atoms with E-state index in [0.29, 0.717) is 40.4 Å². The Kier molecular flexibility index (Phi) is 11.8. The summed E-state index contributed by atoms with van der Waals surface area (Å²) in [5.41, 5.74) is 3.56. The van der Waals surface area contributed by atoms with Crippen LogP contribution in [0.2, 0.25) is 0 Å². The zero-order valence-electron chi connectivity index (χ0n) is 27.0. The standard InChI is InChI=1S/C40H35N3O5S/c1-3-48-34-23-17-28(18-24-34)25-36(43-38(45)31-13-8-5-9-14-31)39(46)42-33-15-10-16-35(26-33)49-37(30-11-6-4-7-12-30)40(47)41-32-21-19-29(20-22-32)27(2)44/h4-26,37H,3H2,1-2H3,(H,41,47)(H,42,46)(H,43,45)/b36-25+. The lowest BCUT2D eigenvalue weighted by Gasteiger charge is -2.18. The number of Topliss-reactive ketones (excluding diaryl/α,β-unsaturated/α-hetero) is 1. The zero-order valence-corrected chi connectivity index (χ0v) is 27.8. The monoisotopic (exact) mass is 669 g/mol. The number of hydrogen-bond acceptors (Lipinski definition) is 6. The number of benzene rings is 5. The van der Waals surface area contributed by atoms with E-state index in [4.69, 9.17) is 4.74 Å². The van der Waals surface area contributed by atoms with Gasteiger partial charge in [-0.3, -0.25) is 19.2 Å². The van der Waals surface area contributed by atoms with Gasteiger partial charge < -0.3 is 20.7 Å². The van der Waals surface area contributed by atoms with Crippen LogP contribution >= 0.6 is 11.8 Å². The Hall–Kier alpha value is -5.93. The fraction of sp³-hybridized carbons (Fsp3) is 0.100. The van der Waals surface area contributed by atoms with Gasteiger partial charge in [0.15, 0.2) is 5.78 Å². The van der Waals surface area contributed by atoms with E-state index in [0.717, 1.165) is 10.5 Å². The summed E-state index contributed by atoms with van der Waals surface area (Å²) in [6, 6.07) is 39.2. The van der Waals surface area contributed by atoms with Crippen molar-refractivity contribution in [1.29, 1.82) is 0 Å². The van der Waals surface area contributed by atoms with Gasteiger partial charge in [0.2, 0.25) is 5.91 Å². The number of amides is 3. The van der Waals surface area contributed by atoms with Crippen molar-refractivity contribution in [3.05, 3.63) is 161 Å². The van der Waals surface area contributed by atoms with E-state index in [-0.39, 0.29) is 17.4 Å². The van der Waals surface area contributed by atoms with Gasteiger partial charge in [-0.2, -0.15) is 0 Å². The number of ketones is 1. The predicted molar refractivity (Wildman–Crippen MR) is 195 cm³/mol. The van der Waals surface area contributed by atoms with Gasteiger partial charge in [-0.25, -0.2) is 0 Å². The van der Waals surface area contributed by atoms with Crippen LogP contribution in [0, 0.1) is 0 Å². The highest BCUT2D eigenvalue weighted by molar-refractivity contribution is 8.00. The highest BCUT2D eigenvalue weighted by atomic mass is 32.2. The number of rotatable bonds is 13. The van der Waals surface area contributed by atoms with Crippen LogP contribution in [-0.2, 0) is 9.59 Å². The third kappa shape index (κ3) is 9.79. The normalized spacial score (nSPS) is 11.6. The number of hydrogen-bond donors (Lipinski definition) is 3. The smallest absolute Gasteiger partial charge is 0.272 e. The summed E-state index contributed by atoms with van der Waals surface area (Å²) in [5, 5.41) is 7.99. The molecule has 0 aliphatic rings. The van der Waals surface area contributed by atoms with Crippen LogP contribution in [0.15, 0.2) is 144 Å². The Morgan fingerprint density at radius 3 is 2.04 bits per heavy atom. The molecule has 5 aromatic carbocycles. The van der Waals surface area contributed by atoms with Gasteiger partial charge in [0.05, 0.1) is 6.61 Å². The Morgan fingerprint density at radius 2 is 1.39 bits per heavy atom. The first-order valence-electron chi connectivity index (χ1n) is 15.6. The molecule has 8 nitrogen and oxygen atoms in total. The van der Waals surface area contributed by atoms with Crippen molar-refractivity contribution in [3.8, 4) is 5.75 Å². The topological polar surface area (TPSA) is 114 Å². The Labute approximate surface area is 289 Å². The SMILES string of the molecule is CCOc1ccc(/C=C(/NC(=O)c2ccccc2)C(=O)Nc2cccc(SC(C(=O)Nc3ccc(C(C)=O)cc3)c3ccccc3)c2)cc1. The van der Waals surface area contributed by atoms with Gasteiger partial charge in [-0.15, -0.1) is 11.8 Å². The molecule has 49 heavy (non-hydrogen) atoms. The molecule has 0 radical (unpaired) electrons. The van der Waals surface area contributed by atoms with Crippen LogP contribution in [0.25, 0.3) is 6.08 Å². The van der Waals surface area contributed by atoms with E-state index in [9.17, 15) is 19.2 Å². The Bertz CT molecular complexity index is 1940. The molecule has 0 saturated carbocycles. The molecule has 0 aliphatic heterocycles. The van der Waals surface area contributed by atoms with Crippen LogP contribution in [0.5, 0.6) is 5.75 Å². The molecule has 0 fully saturated rings. The molecule has 5 rings (SSSR count). The lowest BCUT2D eigenvalue weighted by Crippen LogP contribution is -2.30.